The molecule has 1 aromatic carbocycles. The highest BCUT2D eigenvalue weighted by Crippen LogP contribution is 2.22. The minimum atomic E-state index is 0.0393. The number of carbonyl (C=O) groups excluding carboxylic acids is 1. The predicted molar refractivity (Wildman–Crippen MR) is 70.8 cm³/mol. The number of anilines is 1. The van der Waals surface area contributed by atoms with Gasteiger partial charge in [-0.05, 0) is 25.2 Å². The van der Waals surface area contributed by atoms with Crippen LogP contribution < -0.4 is 10.5 Å². The molecule has 98 valence electrons. The topological polar surface area (TPSA) is 58.8 Å². The van der Waals surface area contributed by atoms with Crippen molar-refractivity contribution in [2.75, 3.05) is 46.1 Å². The number of nitrogen functional groups attached to an aromatic ring is 1. The normalized spacial score (nSPS) is 16.7. The lowest BCUT2D eigenvalue weighted by Gasteiger charge is -2.32. The van der Waals surface area contributed by atoms with Crippen LogP contribution in [0, 0.1) is 0 Å². The average molecular weight is 249 g/mol. The Kier molecular flexibility index (Phi) is 3.72. The lowest BCUT2D eigenvalue weighted by Crippen LogP contribution is -2.47. The molecule has 18 heavy (non-hydrogen) atoms. The molecule has 1 aliphatic heterocycles. The summed E-state index contributed by atoms with van der Waals surface area (Å²) in [7, 11) is 3.63. The molecule has 0 bridgehead atoms. The monoisotopic (exact) mass is 249 g/mol. The molecule has 0 spiro atoms. The van der Waals surface area contributed by atoms with E-state index in [9.17, 15) is 4.79 Å². The van der Waals surface area contributed by atoms with E-state index in [2.05, 4.69) is 11.9 Å². The molecule has 1 amide bonds. The number of hydrogen-bond donors (Lipinski definition) is 1. The molecule has 1 aliphatic rings. The molecule has 1 aromatic rings. The van der Waals surface area contributed by atoms with Crippen molar-refractivity contribution in [3.8, 4) is 5.75 Å². The Bertz CT molecular complexity index is 440. The van der Waals surface area contributed by atoms with Crippen LogP contribution >= 0.6 is 0 Å². The largest absolute Gasteiger partial charge is 0.495 e. The van der Waals surface area contributed by atoms with E-state index >= 15 is 0 Å². The summed E-state index contributed by atoms with van der Waals surface area (Å²) in [5, 5.41) is 0. The molecular weight excluding hydrogens is 230 g/mol. The van der Waals surface area contributed by atoms with Crippen molar-refractivity contribution in [3.05, 3.63) is 23.8 Å². The fourth-order valence-corrected chi connectivity index (χ4v) is 2.06. The van der Waals surface area contributed by atoms with Crippen LogP contribution in [0.4, 0.5) is 5.69 Å². The van der Waals surface area contributed by atoms with Gasteiger partial charge in [-0.2, -0.15) is 0 Å². The zero-order chi connectivity index (χ0) is 13.1. The molecule has 2 rings (SSSR count). The zero-order valence-corrected chi connectivity index (χ0v) is 10.8. The van der Waals surface area contributed by atoms with Gasteiger partial charge in [0.1, 0.15) is 5.75 Å². The Morgan fingerprint density at radius 3 is 2.50 bits per heavy atom. The minimum absolute atomic E-state index is 0.0393. The summed E-state index contributed by atoms with van der Waals surface area (Å²) in [6, 6.07) is 5.17. The number of rotatable bonds is 2. The number of nitrogens with zero attached hydrogens (tertiary/aromatic N) is 2. The summed E-state index contributed by atoms with van der Waals surface area (Å²) in [6.07, 6.45) is 0. The van der Waals surface area contributed by atoms with E-state index in [-0.39, 0.29) is 5.91 Å². The second kappa shape index (κ2) is 5.27. The van der Waals surface area contributed by atoms with E-state index in [4.69, 9.17) is 10.5 Å². The highest BCUT2D eigenvalue weighted by molar-refractivity contribution is 5.95. The van der Waals surface area contributed by atoms with Crippen molar-refractivity contribution in [1.82, 2.24) is 9.80 Å². The summed E-state index contributed by atoms with van der Waals surface area (Å²) < 4.78 is 5.08. The number of likely N-dealkylation sites (N-methyl/N-ethyl adjacent to an activating group) is 1. The summed E-state index contributed by atoms with van der Waals surface area (Å²) in [6.45, 7) is 3.36. The van der Waals surface area contributed by atoms with E-state index in [1.54, 1.807) is 25.3 Å². The molecule has 1 fully saturated rings. The third kappa shape index (κ3) is 2.56. The lowest BCUT2D eigenvalue weighted by atomic mass is 10.1. The highest BCUT2D eigenvalue weighted by Gasteiger charge is 2.20. The standard InChI is InChI=1S/C13H19N3O2/c1-15-5-7-16(8-6-15)13(17)10-3-4-12(18-2)11(14)9-10/h3-4,9H,5-8,14H2,1-2H3. The zero-order valence-electron chi connectivity index (χ0n) is 10.8. The Labute approximate surface area is 107 Å². The van der Waals surface area contributed by atoms with Gasteiger partial charge in [0, 0.05) is 31.7 Å². The Balaban J connectivity index is 2.11. The van der Waals surface area contributed by atoms with E-state index in [1.165, 1.54) is 0 Å². The van der Waals surface area contributed by atoms with E-state index < -0.39 is 0 Å². The number of piperazine rings is 1. The third-order valence-corrected chi connectivity index (χ3v) is 3.27. The molecule has 0 unspecified atom stereocenters. The van der Waals surface area contributed by atoms with Crippen LogP contribution in [0.25, 0.3) is 0 Å². The summed E-state index contributed by atoms with van der Waals surface area (Å²) in [5.74, 6) is 0.641. The van der Waals surface area contributed by atoms with E-state index in [1.807, 2.05) is 4.90 Å². The van der Waals surface area contributed by atoms with Crippen molar-refractivity contribution in [1.29, 1.82) is 0 Å². The van der Waals surface area contributed by atoms with Crippen molar-refractivity contribution < 1.29 is 9.53 Å². The number of ether oxygens (including phenoxy) is 1. The van der Waals surface area contributed by atoms with Gasteiger partial charge in [-0.25, -0.2) is 0 Å². The molecule has 5 nitrogen and oxygen atoms in total. The van der Waals surface area contributed by atoms with Crippen molar-refractivity contribution in [2.24, 2.45) is 0 Å². The fourth-order valence-electron chi connectivity index (χ4n) is 2.06. The molecule has 0 aromatic heterocycles. The first kappa shape index (κ1) is 12.7. The fraction of sp³-hybridized carbons (Fsp3) is 0.462. The van der Waals surface area contributed by atoms with Crippen molar-refractivity contribution >= 4 is 11.6 Å². The molecular formula is C13H19N3O2. The number of carbonyl (C=O) groups is 1. The van der Waals surface area contributed by atoms with Gasteiger partial charge < -0.3 is 20.3 Å². The highest BCUT2D eigenvalue weighted by atomic mass is 16.5. The maximum absolute atomic E-state index is 12.3. The second-order valence-electron chi connectivity index (χ2n) is 4.55. The number of hydrogen-bond acceptors (Lipinski definition) is 4. The third-order valence-electron chi connectivity index (χ3n) is 3.27. The summed E-state index contributed by atoms with van der Waals surface area (Å²) in [5.41, 5.74) is 6.94. The first-order valence-corrected chi connectivity index (χ1v) is 6.03. The minimum Gasteiger partial charge on any atom is -0.495 e. The Morgan fingerprint density at radius 2 is 1.94 bits per heavy atom. The number of methoxy groups -OCH3 is 1. The van der Waals surface area contributed by atoms with Gasteiger partial charge in [0.15, 0.2) is 0 Å². The van der Waals surface area contributed by atoms with Gasteiger partial charge in [0.2, 0.25) is 0 Å². The van der Waals surface area contributed by atoms with Gasteiger partial charge in [0.05, 0.1) is 12.8 Å². The van der Waals surface area contributed by atoms with Gasteiger partial charge in [0.25, 0.3) is 5.91 Å². The van der Waals surface area contributed by atoms with Crippen molar-refractivity contribution in [3.63, 3.8) is 0 Å². The van der Waals surface area contributed by atoms with Gasteiger partial charge in [-0.1, -0.05) is 0 Å². The maximum Gasteiger partial charge on any atom is 0.254 e. The number of amides is 1. The quantitative estimate of drug-likeness (QED) is 0.782. The first-order chi connectivity index (χ1) is 8.61. The second-order valence-corrected chi connectivity index (χ2v) is 4.55. The SMILES string of the molecule is COc1ccc(C(=O)N2CCN(C)CC2)cc1N. The van der Waals surface area contributed by atoms with Crippen LogP contribution in [0.2, 0.25) is 0 Å². The van der Waals surface area contributed by atoms with E-state index in [0.29, 0.717) is 17.0 Å². The molecule has 1 heterocycles. The molecule has 0 saturated carbocycles. The molecule has 0 radical (unpaired) electrons. The predicted octanol–water partition coefficient (Wildman–Crippen LogP) is 0.665. The first-order valence-electron chi connectivity index (χ1n) is 6.03. The summed E-state index contributed by atoms with van der Waals surface area (Å²) in [4.78, 5) is 16.3. The van der Waals surface area contributed by atoms with Crippen LogP contribution in [-0.2, 0) is 0 Å². The van der Waals surface area contributed by atoms with Gasteiger partial charge >= 0.3 is 0 Å². The van der Waals surface area contributed by atoms with Crippen LogP contribution in [0.5, 0.6) is 5.75 Å². The maximum atomic E-state index is 12.3. The van der Waals surface area contributed by atoms with Gasteiger partial charge in [-0.3, -0.25) is 4.79 Å². The molecule has 2 N–H and O–H groups in total. The van der Waals surface area contributed by atoms with Crippen LogP contribution in [0.15, 0.2) is 18.2 Å². The molecule has 1 saturated heterocycles. The van der Waals surface area contributed by atoms with Gasteiger partial charge in [-0.15, -0.1) is 0 Å². The molecule has 0 atom stereocenters. The number of nitrogens with two attached hydrogens (primary N) is 1. The Morgan fingerprint density at radius 1 is 1.28 bits per heavy atom. The molecule has 0 aliphatic carbocycles. The smallest absolute Gasteiger partial charge is 0.254 e. The Hall–Kier alpha value is -1.75. The summed E-state index contributed by atoms with van der Waals surface area (Å²) >= 11 is 0. The van der Waals surface area contributed by atoms with Crippen LogP contribution in [0.3, 0.4) is 0 Å². The number of benzene rings is 1. The van der Waals surface area contributed by atoms with Crippen LogP contribution in [-0.4, -0.2) is 56.0 Å². The molecule has 5 heteroatoms. The van der Waals surface area contributed by atoms with Crippen LogP contribution in [0.1, 0.15) is 10.4 Å². The van der Waals surface area contributed by atoms with Crippen molar-refractivity contribution in [2.45, 2.75) is 0 Å². The lowest BCUT2D eigenvalue weighted by molar-refractivity contribution is 0.0664. The van der Waals surface area contributed by atoms with E-state index in [0.717, 1.165) is 26.2 Å². The average Bonchev–Trinajstić information content (AvgIpc) is 2.38.